The highest BCUT2D eigenvalue weighted by Gasteiger charge is 2.29. The van der Waals surface area contributed by atoms with Crippen molar-refractivity contribution in [2.75, 3.05) is 6.54 Å². The van der Waals surface area contributed by atoms with Crippen LogP contribution in [0.4, 0.5) is 0 Å². The molecule has 3 aromatic rings. The minimum absolute atomic E-state index is 0.186. The maximum absolute atomic E-state index is 11.9. The third-order valence-electron chi connectivity index (χ3n) is 5.10. The van der Waals surface area contributed by atoms with Crippen molar-refractivity contribution in [2.24, 2.45) is 5.73 Å². The summed E-state index contributed by atoms with van der Waals surface area (Å²) < 4.78 is 1.55. The zero-order valence-corrected chi connectivity index (χ0v) is 15.9. The average Bonchev–Trinajstić information content (AvgIpc) is 3.05. The summed E-state index contributed by atoms with van der Waals surface area (Å²) in [7, 11) is 0. The van der Waals surface area contributed by atoms with Crippen LogP contribution >= 0.6 is 11.6 Å². The van der Waals surface area contributed by atoms with E-state index in [1.165, 1.54) is 0 Å². The van der Waals surface area contributed by atoms with Gasteiger partial charge in [-0.05, 0) is 61.2 Å². The van der Waals surface area contributed by atoms with Crippen LogP contribution in [-0.4, -0.2) is 32.5 Å². The number of nitrogens with zero attached hydrogens (tertiary/aromatic N) is 2. The van der Waals surface area contributed by atoms with Gasteiger partial charge in [0.15, 0.2) is 0 Å². The second kappa shape index (κ2) is 7.30. The first-order valence-electron chi connectivity index (χ1n) is 9.15. The molecule has 0 atom stereocenters. The van der Waals surface area contributed by atoms with Crippen LogP contribution in [-0.2, 0) is 19.4 Å². The van der Waals surface area contributed by atoms with Gasteiger partial charge in [0, 0.05) is 28.3 Å². The highest BCUT2D eigenvalue weighted by Crippen LogP contribution is 2.41. The predicted octanol–water partition coefficient (Wildman–Crippen LogP) is 3.72. The van der Waals surface area contributed by atoms with Crippen LogP contribution in [0.2, 0.25) is 5.02 Å². The topological polar surface area (TPSA) is 101 Å². The Morgan fingerprint density at radius 1 is 1.18 bits per heavy atom. The maximum atomic E-state index is 11.9. The second-order valence-electron chi connectivity index (χ2n) is 6.88. The molecule has 4 N–H and O–H groups in total. The van der Waals surface area contributed by atoms with E-state index in [1.807, 2.05) is 18.2 Å². The molecule has 0 bridgehead atoms. The molecule has 0 saturated heterocycles. The Hall–Kier alpha value is -2.83. The highest BCUT2D eigenvalue weighted by molar-refractivity contribution is 6.30. The number of rotatable bonds is 5. The van der Waals surface area contributed by atoms with Gasteiger partial charge < -0.3 is 15.9 Å². The lowest BCUT2D eigenvalue weighted by atomic mass is 9.86. The SMILES string of the molecule is NCCCn1nc2c(c1C(=O)O)CCc1cc(O)c(-c3ccc(Cl)cc3)cc1-2. The van der Waals surface area contributed by atoms with E-state index in [4.69, 9.17) is 17.3 Å². The number of benzene rings is 2. The van der Waals surface area contributed by atoms with Crippen LogP contribution in [0.15, 0.2) is 36.4 Å². The number of halogens is 1. The summed E-state index contributed by atoms with van der Waals surface area (Å²) in [5, 5.41) is 25.5. The molecular weight excluding hydrogens is 378 g/mol. The fourth-order valence-corrected chi connectivity index (χ4v) is 3.90. The van der Waals surface area contributed by atoms with Crippen molar-refractivity contribution in [1.29, 1.82) is 0 Å². The molecule has 4 rings (SSSR count). The first-order valence-corrected chi connectivity index (χ1v) is 9.52. The molecule has 6 nitrogen and oxygen atoms in total. The van der Waals surface area contributed by atoms with Crippen LogP contribution < -0.4 is 5.73 Å². The van der Waals surface area contributed by atoms with Crippen molar-refractivity contribution in [3.63, 3.8) is 0 Å². The fourth-order valence-electron chi connectivity index (χ4n) is 3.77. The van der Waals surface area contributed by atoms with Crippen LogP contribution in [0.1, 0.15) is 28.0 Å². The van der Waals surface area contributed by atoms with Gasteiger partial charge in [-0.15, -0.1) is 0 Å². The lowest BCUT2D eigenvalue weighted by molar-refractivity contribution is 0.0681. The Morgan fingerprint density at radius 3 is 2.61 bits per heavy atom. The monoisotopic (exact) mass is 397 g/mol. The Morgan fingerprint density at radius 2 is 1.93 bits per heavy atom. The third kappa shape index (κ3) is 3.15. The Balaban J connectivity index is 1.87. The molecule has 2 aromatic carbocycles. The molecule has 0 radical (unpaired) electrons. The third-order valence-corrected chi connectivity index (χ3v) is 5.36. The van der Waals surface area contributed by atoms with E-state index in [1.54, 1.807) is 22.9 Å². The highest BCUT2D eigenvalue weighted by atomic mass is 35.5. The zero-order chi connectivity index (χ0) is 19.8. The zero-order valence-electron chi connectivity index (χ0n) is 15.2. The number of nitrogens with two attached hydrogens (primary N) is 1. The molecule has 1 aliphatic carbocycles. The van der Waals surface area contributed by atoms with E-state index in [2.05, 4.69) is 5.10 Å². The normalized spacial score (nSPS) is 12.5. The van der Waals surface area contributed by atoms with Crippen molar-refractivity contribution in [2.45, 2.75) is 25.8 Å². The van der Waals surface area contributed by atoms with Crippen molar-refractivity contribution in [3.05, 3.63) is 58.2 Å². The minimum Gasteiger partial charge on any atom is -0.507 e. The summed E-state index contributed by atoms with van der Waals surface area (Å²) in [6.07, 6.45) is 1.88. The standard InChI is InChI=1S/C21H20ClN3O3/c22-14-5-2-12(3-6-14)16-11-17-13(10-18(16)26)4-7-15-19(17)24-25(9-1-8-23)20(15)21(27)28/h2-3,5-6,10-11,26H,1,4,7-9,23H2,(H,27,28). The molecule has 0 aliphatic heterocycles. The van der Waals surface area contributed by atoms with Gasteiger partial charge in [0.05, 0.1) is 5.69 Å². The van der Waals surface area contributed by atoms with Crippen molar-refractivity contribution in [3.8, 4) is 28.1 Å². The van der Waals surface area contributed by atoms with E-state index >= 15 is 0 Å². The van der Waals surface area contributed by atoms with E-state index in [-0.39, 0.29) is 11.4 Å². The summed E-state index contributed by atoms with van der Waals surface area (Å²) in [5.41, 5.74) is 10.5. The van der Waals surface area contributed by atoms with Crippen molar-refractivity contribution < 1.29 is 15.0 Å². The van der Waals surface area contributed by atoms with Crippen LogP contribution in [0.3, 0.4) is 0 Å². The molecule has 1 heterocycles. The first kappa shape index (κ1) is 18.5. The van der Waals surface area contributed by atoms with Crippen LogP contribution in [0, 0.1) is 0 Å². The maximum Gasteiger partial charge on any atom is 0.354 e. The lowest BCUT2D eigenvalue weighted by Gasteiger charge is -2.18. The molecule has 28 heavy (non-hydrogen) atoms. The molecule has 0 unspecified atom stereocenters. The molecular formula is C21H20ClN3O3. The number of fused-ring (bicyclic) bond motifs is 3. The number of aryl methyl sites for hydroxylation is 2. The van der Waals surface area contributed by atoms with E-state index in [0.29, 0.717) is 48.6 Å². The van der Waals surface area contributed by atoms with E-state index in [0.717, 1.165) is 22.3 Å². The molecule has 0 amide bonds. The van der Waals surface area contributed by atoms with Gasteiger partial charge in [0.2, 0.25) is 0 Å². The molecule has 0 fully saturated rings. The van der Waals surface area contributed by atoms with Crippen LogP contribution in [0.5, 0.6) is 5.75 Å². The number of phenolic OH excluding ortho intramolecular Hbond substituents is 1. The molecule has 144 valence electrons. The number of aromatic carboxylic acids is 1. The number of aromatic nitrogens is 2. The van der Waals surface area contributed by atoms with Gasteiger partial charge >= 0.3 is 5.97 Å². The average molecular weight is 398 g/mol. The first-order chi connectivity index (χ1) is 13.5. The molecule has 0 saturated carbocycles. The second-order valence-corrected chi connectivity index (χ2v) is 7.32. The largest absolute Gasteiger partial charge is 0.507 e. The number of hydrogen-bond acceptors (Lipinski definition) is 4. The molecule has 1 aromatic heterocycles. The minimum atomic E-state index is -0.981. The van der Waals surface area contributed by atoms with E-state index in [9.17, 15) is 15.0 Å². The molecule has 1 aliphatic rings. The van der Waals surface area contributed by atoms with E-state index < -0.39 is 5.97 Å². The summed E-state index contributed by atoms with van der Waals surface area (Å²) in [5.74, 6) is -0.795. The van der Waals surface area contributed by atoms with Gasteiger partial charge in [-0.1, -0.05) is 23.7 Å². The number of phenols is 1. The number of aromatic hydroxyl groups is 1. The predicted molar refractivity (Wildman–Crippen MR) is 108 cm³/mol. The van der Waals surface area contributed by atoms with Gasteiger partial charge in [0.25, 0.3) is 0 Å². The van der Waals surface area contributed by atoms with Gasteiger partial charge in [-0.3, -0.25) is 4.68 Å². The van der Waals surface area contributed by atoms with Crippen molar-refractivity contribution in [1.82, 2.24) is 9.78 Å². The Kier molecular flexibility index (Phi) is 4.83. The smallest absolute Gasteiger partial charge is 0.354 e. The van der Waals surface area contributed by atoms with Crippen LogP contribution in [0.25, 0.3) is 22.4 Å². The summed E-state index contributed by atoms with van der Waals surface area (Å²) in [4.78, 5) is 11.9. The summed E-state index contributed by atoms with van der Waals surface area (Å²) >= 11 is 5.97. The number of carbonyl (C=O) groups is 1. The lowest BCUT2D eigenvalue weighted by Crippen LogP contribution is -2.14. The summed E-state index contributed by atoms with van der Waals surface area (Å²) in [6.45, 7) is 0.928. The Bertz CT molecular complexity index is 1060. The van der Waals surface area contributed by atoms with Gasteiger partial charge in [0.1, 0.15) is 11.4 Å². The van der Waals surface area contributed by atoms with Gasteiger partial charge in [-0.25, -0.2) is 4.79 Å². The quantitative estimate of drug-likeness (QED) is 0.609. The number of carboxylic acid groups (broad SMARTS) is 1. The molecule has 7 heteroatoms. The van der Waals surface area contributed by atoms with Gasteiger partial charge in [-0.2, -0.15) is 5.10 Å². The van der Waals surface area contributed by atoms with Crippen molar-refractivity contribution >= 4 is 17.6 Å². The fraction of sp³-hybridized carbons (Fsp3) is 0.238. The number of hydrogen-bond donors (Lipinski definition) is 3. The molecule has 0 spiro atoms. The summed E-state index contributed by atoms with van der Waals surface area (Å²) in [6, 6.07) is 10.9. The number of carboxylic acids is 1. The Labute approximate surface area is 167 Å².